The monoisotopic (exact) mass is 576 g/mol. The maximum Gasteiger partial charge on any atom is 0.303 e. The summed E-state index contributed by atoms with van der Waals surface area (Å²) in [6.45, 7) is 2.72. The van der Waals surface area contributed by atoms with Gasteiger partial charge in [-0.2, -0.15) is 0 Å². The largest absolute Gasteiger partial charge is 0.504 e. The molecule has 5 unspecified atom stereocenters. The Morgan fingerprint density at radius 3 is 2.12 bits per heavy atom. The molecule has 2 aromatic carbocycles. The Labute approximate surface area is 232 Å². The van der Waals surface area contributed by atoms with Crippen LogP contribution in [0.5, 0.6) is 28.7 Å². The summed E-state index contributed by atoms with van der Waals surface area (Å²) in [4.78, 5) is 47.3. The molecule has 0 bridgehead atoms. The number of phenolic OH excluding ortho intramolecular Hbond substituents is 4. The molecule has 14 heteroatoms. The first kappa shape index (κ1) is 30.7. The number of phenols is 4. The molecule has 0 aromatic heterocycles. The Balaban J connectivity index is 1.87. The van der Waals surface area contributed by atoms with E-state index in [0.717, 1.165) is 39.0 Å². The van der Waals surface area contributed by atoms with E-state index >= 15 is 0 Å². The molecule has 1 aliphatic heterocycles. The lowest BCUT2D eigenvalue weighted by atomic mass is 9.98. The van der Waals surface area contributed by atoms with Gasteiger partial charge in [-0.1, -0.05) is 12.1 Å². The second kappa shape index (κ2) is 13.0. The Bertz CT molecular complexity index is 1350. The van der Waals surface area contributed by atoms with Gasteiger partial charge in [0.05, 0.1) is 5.56 Å². The smallest absolute Gasteiger partial charge is 0.303 e. The quantitative estimate of drug-likeness (QED) is 0.0935. The summed E-state index contributed by atoms with van der Waals surface area (Å²) in [5.41, 5.74) is 0.0232. The number of aliphatic hydroxyl groups is 1. The SMILES string of the molecule is CC(=O)OCC1OC(Oc2ccc(C(=O)C=Cc3ccc(O)c(O)c3)c(O)c2O)C(OC(C)=O)C(O)C1OC(C)=O. The summed E-state index contributed by atoms with van der Waals surface area (Å²) >= 11 is 0. The minimum Gasteiger partial charge on any atom is -0.504 e. The van der Waals surface area contributed by atoms with Crippen molar-refractivity contribution in [3.8, 4) is 28.7 Å². The highest BCUT2D eigenvalue weighted by atomic mass is 16.7. The molecule has 1 saturated heterocycles. The van der Waals surface area contributed by atoms with E-state index in [4.69, 9.17) is 23.7 Å². The van der Waals surface area contributed by atoms with E-state index in [0.29, 0.717) is 5.56 Å². The van der Waals surface area contributed by atoms with Crippen LogP contribution in [-0.4, -0.2) is 86.5 Å². The standard InChI is InChI=1S/C27H28O14/c1-12(28)37-11-21-25(38-13(2)29)24(36)26(39-14(3)30)27(41-21)40-20-9-6-16(22(34)23(20)35)17(31)7-4-15-5-8-18(32)19(33)10-15/h4-10,21,24-27,32-36H,11H2,1-3H3. The molecule has 2 aromatic rings. The van der Waals surface area contributed by atoms with Crippen LogP contribution in [0.2, 0.25) is 0 Å². The van der Waals surface area contributed by atoms with Gasteiger partial charge >= 0.3 is 17.9 Å². The lowest BCUT2D eigenvalue weighted by Gasteiger charge is -2.42. The number of esters is 3. The van der Waals surface area contributed by atoms with Gasteiger partial charge in [-0.3, -0.25) is 19.2 Å². The fourth-order valence-corrected chi connectivity index (χ4v) is 3.86. The van der Waals surface area contributed by atoms with Gasteiger partial charge in [0.2, 0.25) is 12.0 Å². The highest BCUT2D eigenvalue weighted by Crippen LogP contribution is 2.40. The fraction of sp³-hybridized carbons (Fsp3) is 0.333. The van der Waals surface area contributed by atoms with E-state index < -0.39 is 84.0 Å². The molecule has 3 rings (SSSR count). The van der Waals surface area contributed by atoms with Crippen molar-refractivity contribution < 1.29 is 68.4 Å². The minimum absolute atomic E-state index is 0.335. The number of rotatable bonds is 9. The molecular formula is C27H28O14. The third-order valence-corrected chi connectivity index (χ3v) is 5.72. The Morgan fingerprint density at radius 1 is 0.854 bits per heavy atom. The molecule has 14 nitrogen and oxygen atoms in total. The van der Waals surface area contributed by atoms with Gasteiger partial charge < -0.3 is 49.2 Å². The van der Waals surface area contributed by atoms with Gasteiger partial charge in [0, 0.05) is 20.8 Å². The molecule has 0 radical (unpaired) electrons. The molecule has 41 heavy (non-hydrogen) atoms. The lowest BCUT2D eigenvalue weighted by Crippen LogP contribution is -2.62. The van der Waals surface area contributed by atoms with Crippen molar-refractivity contribution in [2.45, 2.75) is 51.5 Å². The topological polar surface area (TPSA) is 216 Å². The molecule has 0 aliphatic carbocycles. The summed E-state index contributed by atoms with van der Waals surface area (Å²) in [5.74, 6) is -6.11. The van der Waals surface area contributed by atoms with Gasteiger partial charge in [0.25, 0.3) is 0 Å². The van der Waals surface area contributed by atoms with Gasteiger partial charge in [-0.15, -0.1) is 0 Å². The van der Waals surface area contributed by atoms with Crippen LogP contribution in [0, 0.1) is 0 Å². The summed E-state index contributed by atoms with van der Waals surface area (Å²) < 4.78 is 26.4. The fourth-order valence-electron chi connectivity index (χ4n) is 3.86. The van der Waals surface area contributed by atoms with Crippen LogP contribution < -0.4 is 4.74 Å². The zero-order valence-corrected chi connectivity index (χ0v) is 22.0. The van der Waals surface area contributed by atoms with Gasteiger partial charge in [-0.25, -0.2) is 0 Å². The molecule has 1 fully saturated rings. The van der Waals surface area contributed by atoms with Gasteiger partial charge in [0.15, 0.2) is 41.0 Å². The van der Waals surface area contributed by atoms with Gasteiger partial charge in [0.1, 0.15) is 18.8 Å². The molecule has 1 aliphatic rings. The predicted octanol–water partition coefficient (Wildman–Crippen LogP) is 1.30. The first-order chi connectivity index (χ1) is 19.3. The number of carbonyl (C=O) groups excluding carboxylic acids is 4. The maximum atomic E-state index is 12.6. The number of aromatic hydroxyl groups is 4. The van der Waals surface area contributed by atoms with Crippen LogP contribution in [0.3, 0.4) is 0 Å². The second-order valence-electron chi connectivity index (χ2n) is 8.86. The van der Waals surface area contributed by atoms with E-state index in [1.54, 1.807) is 0 Å². The molecule has 0 spiro atoms. The van der Waals surface area contributed by atoms with Crippen LogP contribution in [0.4, 0.5) is 0 Å². The summed E-state index contributed by atoms with van der Waals surface area (Å²) in [6, 6.07) is 6.05. The van der Waals surface area contributed by atoms with Crippen molar-refractivity contribution in [1.29, 1.82) is 0 Å². The number of aliphatic hydroxyl groups excluding tert-OH is 1. The van der Waals surface area contributed by atoms with Crippen LogP contribution in [0.1, 0.15) is 36.7 Å². The molecule has 0 amide bonds. The number of ketones is 1. The normalized spacial score (nSPS) is 22.1. The van der Waals surface area contributed by atoms with E-state index in [9.17, 15) is 44.7 Å². The van der Waals surface area contributed by atoms with Crippen molar-refractivity contribution >= 4 is 29.8 Å². The lowest BCUT2D eigenvalue weighted by molar-refractivity contribution is -0.285. The van der Waals surface area contributed by atoms with E-state index in [1.807, 2.05) is 0 Å². The molecule has 1 heterocycles. The van der Waals surface area contributed by atoms with Crippen LogP contribution in [0.15, 0.2) is 36.4 Å². The first-order valence-electron chi connectivity index (χ1n) is 12.1. The first-order valence-corrected chi connectivity index (χ1v) is 12.1. The second-order valence-corrected chi connectivity index (χ2v) is 8.86. The number of carbonyl (C=O) groups is 4. The molecule has 0 saturated carbocycles. The van der Waals surface area contributed by atoms with Crippen molar-refractivity contribution in [1.82, 2.24) is 0 Å². The van der Waals surface area contributed by atoms with Crippen LogP contribution in [-0.2, 0) is 33.3 Å². The molecule has 220 valence electrons. The number of benzene rings is 2. The van der Waals surface area contributed by atoms with E-state index in [1.165, 1.54) is 24.3 Å². The minimum atomic E-state index is -1.73. The summed E-state index contributed by atoms with van der Waals surface area (Å²) in [7, 11) is 0. The average molecular weight is 577 g/mol. The molecule has 5 atom stereocenters. The highest BCUT2D eigenvalue weighted by Gasteiger charge is 2.51. The zero-order chi connectivity index (χ0) is 30.4. The van der Waals surface area contributed by atoms with E-state index in [2.05, 4.69) is 0 Å². The number of ether oxygens (including phenoxy) is 5. The Hall–Kier alpha value is -4.82. The van der Waals surface area contributed by atoms with Crippen molar-refractivity contribution in [3.05, 3.63) is 47.5 Å². The Kier molecular flexibility index (Phi) is 9.76. The Morgan fingerprint density at radius 2 is 1.51 bits per heavy atom. The van der Waals surface area contributed by atoms with Crippen LogP contribution >= 0.6 is 0 Å². The third kappa shape index (κ3) is 7.64. The number of hydrogen-bond acceptors (Lipinski definition) is 14. The molecular weight excluding hydrogens is 548 g/mol. The number of allylic oxidation sites excluding steroid dienone is 1. The van der Waals surface area contributed by atoms with Crippen molar-refractivity contribution in [2.75, 3.05) is 6.61 Å². The van der Waals surface area contributed by atoms with Gasteiger partial charge in [-0.05, 0) is 35.9 Å². The van der Waals surface area contributed by atoms with Crippen molar-refractivity contribution in [3.63, 3.8) is 0 Å². The highest BCUT2D eigenvalue weighted by molar-refractivity contribution is 6.09. The predicted molar refractivity (Wildman–Crippen MR) is 136 cm³/mol. The van der Waals surface area contributed by atoms with Crippen LogP contribution in [0.25, 0.3) is 6.08 Å². The number of hydrogen-bond donors (Lipinski definition) is 5. The van der Waals surface area contributed by atoms with E-state index in [-0.39, 0.29) is 11.3 Å². The maximum absolute atomic E-state index is 12.6. The molecule has 5 N–H and O–H groups in total. The van der Waals surface area contributed by atoms with Crippen molar-refractivity contribution in [2.24, 2.45) is 0 Å². The zero-order valence-electron chi connectivity index (χ0n) is 22.0. The average Bonchev–Trinajstić information content (AvgIpc) is 2.89. The summed E-state index contributed by atoms with van der Waals surface area (Å²) in [5, 5.41) is 51.0. The third-order valence-electron chi connectivity index (χ3n) is 5.72. The summed E-state index contributed by atoms with van der Waals surface area (Å²) in [6.07, 6.45) is -5.41.